The summed E-state index contributed by atoms with van der Waals surface area (Å²) in [7, 11) is 0. The Bertz CT molecular complexity index is 601. The van der Waals surface area contributed by atoms with Crippen molar-refractivity contribution in [2.45, 2.75) is 6.54 Å². The van der Waals surface area contributed by atoms with Crippen molar-refractivity contribution in [3.8, 4) is 0 Å². The van der Waals surface area contributed by atoms with Gasteiger partial charge >= 0.3 is 0 Å². The molecule has 1 heterocycles. The van der Waals surface area contributed by atoms with Gasteiger partial charge in [-0.3, -0.25) is 9.78 Å². The van der Waals surface area contributed by atoms with Gasteiger partial charge in [-0.2, -0.15) is 0 Å². The zero-order valence-corrected chi connectivity index (χ0v) is 10.8. The first kappa shape index (κ1) is 13.2. The van der Waals surface area contributed by atoms with E-state index in [1.54, 1.807) is 18.5 Å². The van der Waals surface area contributed by atoms with Crippen molar-refractivity contribution in [1.82, 2.24) is 4.98 Å². The van der Waals surface area contributed by atoms with Gasteiger partial charge in [-0.05, 0) is 29.8 Å². The smallest absolute Gasteiger partial charge is 0.250 e. The van der Waals surface area contributed by atoms with Gasteiger partial charge in [-0.25, -0.2) is 0 Å². The Hall–Kier alpha value is -2.27. The third-order valence-electron chi connectivity index (χ3n) is 2.60. The van der Waals surface area contributed by atoms with E-state index in [1.807, 2.05) is 12.1 Å². The molecule has 98 valence electrons. The van der Waals surface area contributed by atoms with Crippen LogP contribution in [0, 0.1) is 0 Å². The van der Waals surface area contributed by atoms with Gasteiger partial charge in [0.25, 0.3) is 5.91 Å². The third-order valence-corrected chi connectivity index (χ3v) is 2.89. The maximum absolute atomic E-state index is 11.4. The van der Waals surface area contributed by atoms with Crippen LogP contribution in [0.2, 0.25) is 5.02 Å². The van der Waals surface area contributed by atoms with E-state index in [4.69, 9.17) is 23.1 Å². The van der Waals surface area contributed by atoms with Gasteiger partial charge in [-0.15, -0.1) is 0 Å². The van der Waals surface area contributed by atoms with Gasteiger partial charge in [0.2, 0.25) is 0 Å². The first-order valence-corrected chi connectivity index (χ1v) is 5.97. The second kappa shape index (κ2) is 5.58. The molecule has 2 aromatic rings. The van der Waals surface area contributed by atoms with Crippen LogP contribution in [0.15, 0.2) is 36.7 Å². The molecule has 0 saturated carbocycles. The summed E-state index contributed by atoms with van der Waals surface area (Å²) < 4.78 is 0. The van der Waals surface area contributed by atoms with Gasteiger partial charge in [0.1, 0.15) is 0 Å². The number of carbonyl (C=O) groups excluding carboxylic acids is 1. The molecule has 6 heteroatoms. The molecule has 5 N–H and O–H groups in total. The van der Waals surface area contributed by atoms with Crippen LogP contribution in [0.5, 0.6) is 0 Å². The molecule has 2 rings (SSSR count). The molecule has 5 nitrogen and oxygen atoms in total. The number of anilines is 2. The Morgan fingerprint density at radius 1 is 1.32 bits per heavy atom. The number of amides is 1. The number of nitrogens with one attached hydrogen (secondary N) is 1. The van der Waals surface area contributed by atoms with E-state index in [2.05, 4.69) is 10.3 Å². The van der Waals surface area contributed by atoms with Gasteiger partial charge in [0.15, 0.2) is 0 Å². The van der Waals surface area contributed by atoms with Crippen LogP contribution in [0.25, 0.3) is 0 Å². The van der Waals surface area contributed by atoms with Crippen molar-refractivity contribution in [2.75, 3.05) is 11.1 Å². The fraction of sp³-hybridized carbons (Fsp3) is 0.0769. The number of hydrogen-bond donors (Lipinski definition) is 3. The Morgan fingerprint density at radius 2 is 2.00 bits per heavy atom. The lowest BCUT2D eigenvalue weighted by atomic mass is 10.1. The summed E-state index contributed by atoms with van der Waals surface area (Å²) in [5, 5.41) is 3.45. The highest BCUT2D eigenvalue weighted by Crippen LogP contribution is 2.29. The monoisotopic (exact) mass is 276 g/mol. The average Bonchev–Trinajstić information content (AvgIpc) is 2.38. The molecule has 1 amide bonds. The van der Waals surface area contributed by atoms with Crippen molar-refractivity contribution in [3.05, 3.63) is 52.8 Å². The molecule has 0 unspecified atom stereocenters. The highest BCUT2D eigenvalue weighted by atomic mass is 35.5. The highest BCUT2D eigenvalue weighted by Gasteiger charge is 2.13. The third kappa shape index (κ3) is 3.14. The first-order chi connectivity index (χ1) is 9.08. The molecule has 0 radical (unpaired) electrons. The number of carbonyl (C=O) groups is 1. The summed E-state index contributed by atoms with van der Waals surface area (Å²) in [6, 6.07) is 6.80. The van der Waals surface area contributed by atoms with Crippen LogP contribution in [0.1, 0.15) is 15.9 Å². The Balaban J connectivity index is 2.27. The molecule has 0 bridgehead atoms. The first-order valence-electron chi connectivity index (χ1n) is 5.59. The maximum atomic E-state index is 11.4. The quantitative estimate of drug-likeness (QED) is 0.745. The van der Waals surface area contributed by atoms with E-state index in [-0.39, 0.29) is 5.56 Å². The van der Waals surface area contributed by atoms with Crippen molar-refractivity contribution < 1.29 is 4.79 Å². The van der Waals surface area contributed by atoms with Gasteiger partial charge in [0.05, 0.1) is 16.3 Å². The second-order valence-electron chi connectivity index (χ2n) is 4.00. The van der Waals surface area contributed by atoms with E-state index in [9.17, 15) is 4.79 Å². The number of hydrogen-bond acceptors (Lipinski definition) is 4. The van der Waals surface area contributed by atoms with Crippen molar-refractivity contribution in [1.29, 1.82) is 0 Å². The van der Waals surface area contributed by atoms with E-state index in [1.165, 1.54) is 6.07 Å². The van der Waals surface area contributed by atoms with Crippen molar-refractivity contribution in [3.63, 3.8) is 0 Å². The fourth-order valence-corrected chi connectivity index (χ4v) is 1.99. The number of nitrogen functional groups attached to an aromatic ring is 1. The second-order valence-corrected chi connectivity index (χ2v) is 4.41. The molecular weight excluding hydrogens is 264 g/mol. The number of nitrogens with zero attached hydrogens (tertiary/aromatic N) is 1. The Kier molecular flexibility index (Phi) is 3.87. The largest absolute Gasteiger partial charge is 0.399 e. The number of rotatable bonds is 4. The number of pyridine rings is 1. The molecular formula is C13H13ClN4O. The van der Waals surface area contributed by atoms with Crippen LogP contribution >= 0.6 is 11.6 Å². The maximum Gasteiger partial charge on any atom is 0.250 e. The fourth-order valence-electron chi connectivity index (χ4n) is 1.69. The lowest BCUT2D eigenvalue weighted by molar-refractivity contribution is 0.100. The van der Waals surface area contributed by atoms with Crippen LogP contribution in [0.4, 0.5) is 11.4 Å². The zero-order chi connectivity index (χ0) is 13.8. The van der Waals surface area contributed by atoms with Crippen LogP contribution in [-0.2, 0) is 6.54 Å². The topological polar surface area (TPSA) is 94.0 Å². The summed E-state index contributed by atoms with van der Waals surface area (Å²) in [5.74, 6) is -0.577. The van der Waals surface area contributed by atoms with Crippen LogP contribution in [0.3, 0.4) is 0 Å². The van der Waals surface area contributed by atoms with E-state index < -0.39 is 5.91 Å². The van der Waals surface area contributed by atoms with Crippen LogP contribution < -0.4 is 16.8 Å². The van der Waals surface area contributed by atoms with Crippen molar-refractivity contribution in [2.24, 2.45) is 5.73 Å². The molecule has 0 aliphatic heterocycles. The molecule has 0 aliphatic rings. The van der Waals surface area contributed by atoms with E-state index in [0.717, 1.165) is 5.56 Å². The van der Waals surface area contributed by atoms with E-state index in [0.29, 0.717) is 22.9 Å². The van der Waals surface area contributed by atoms with Gasteiger partial charge in [-0.1, -0.05) is 11.6 Å². The molecule has 0 saturated heterocycles. The molecule has 0 spiro atoms. The lowest BCUT2D eigenvalue weighted by Crippen LogP contribution is -2.15. The molecule has 0 atom stereocenters. The number of aromatic nitrogens is 1. The highest BCUT2D eigenvalue weighted by molar-refractivity contribution is 6.34. The molecule has 0 aliphatic carbocycles. The minimum absolute atomic E-state index is 0.277. The Morgan fingerprint density at radius 3 is 2.63 bits per heavy atom. The average molecular weight is 277 g/mol. The lowest BCUT2D eigenvalue weighted by Gasteiger charge is -2.13. The molecule has 1 aromatic heterocycles. The zero-order valence-electron chi connectivity index (χ0n) is 10.1. The van der Waals surface area contributed by atoms with Gasteiger partial charge in [0, 0.05) is 24.6 Å². The number of nitrogens with two attached hydrogens (primary N) is 2. The minimum atomic E-state index is -0.577. The molecule has 19 heavy (non-hydrogen) atoms. The Labute approximate surface area is 115 Å². The summed E-state index contributed by atoms with van der Waals surface area (Å²) >= 11 is 6.08. The number of benzene rings is 1. The standard InChI is InChI=1S/C13H13ClN4O/c14-11-6-9(15)5-10(13(16)19)12(11)18-7-8-1-3-17-4-2-8/h1-6,18H,7,15H2,(H2,16,19). The number of primary amides is 1. The molecule has 1 aromatic carbocycles. The number of halogens is 1. The summed E-state index contributed by atoms with van der Waals surface area (Å²) in [4.78, 5) is 15.3. The predicted molar refractivity (Wildman–Crippen MR) is 75.9 cm³/mol. The van der Waals surface area contributed by atoms with Gasteiger partial charge < -0.3 is 16.8 Å². The summed E-state index contributed by atoms with van der Waals surface area (Å²) in [5.41, 5.74) is 13.1. The van der Waals surface area contributed by atoms with Crippen LogP contribution in [-0.4, -0.2) is 10.9 Å². The predicted octanol–water partition coefficient (Wildman–Crippen LogP) is 2.03. The molecule has 0 fully saturated rings. The summed E-state index contributed by atoms with van der Waals surface area (Å²) in [6.07, 6.45) is 3.38. The summed E-state index contributed by atoms with van der Waals surface area (Å²) in [6.45, 7) is 0.506. The van der Waals surface area contributed by atoms with Crippen molar-refractivity contribution >= 4 is 28.9 Å². The normalized spacial score (nSPS) is 10.2. The minimum Gasteiger partial charge on any atom is -0.399 e. The SMILES string of the molecule is NC(=O)c1cc(N)cc(Cl)c1NCc1ccncc1. The van der Waals surface area contributed by atoms with E-state index >= 15 is 0 Å².